The number of halogens is 3. The van der Waals surface area contributed by atoms with Gasteiger partial charge in [-0.3, -0.25) is 9.59 Å². The van der Waals surface area contributed by atoms with Gasteiger partial charge in [-0.1, -0.05) is 17.7 Å². The second-order valence-electron chi connectivity index (χ2n) is 7.84. The van der Waals surface area contributed by atoms with Crippen LogP contribution in [0.4, 0.5) is 13.2 Å². The largest absolute Gasteiger partial charge is 0.484 e. The zero-order valence-electron chi connectivity index (χ0n) is 16.4. The number of ether oxygens (including phenoxy) is 1. The molecule has 1 N–H and O–H groups in total. The topological polar surface area (TPSA) is 58.6 Å². The third kappa shape index (κ3) is 3.86. The fourth-order valence-electron chi connectivity index (χ4n) is 3.92. The van der Waals surface area contributed by atoms with Gasteiger partial charge in [-0.15, -0.1) is 0 Å². The number of amides is 2. The van der Waals surface area contributed by atoms with Gasteiger partial charge < -0.3 is 15.0 Å². The lowest BCUT2D eigenvalue weighted by molar-refractivity contribution is -0.137. The Morgan fingerprint density at radius 3 is 2.57 bits per heavy atom. The number of nitrogens with zero attached hydrogens (tertiary/aromatic N) is 1. The lowest BCUT2D eigenvalue weighted by Crippen LogP contribution is -2.54. The van der Waals surface area contributed by atoms with Crippen molar-refractivity contribution >= 4 is 11.8 Å². The highest BCUT2D eigenvalue weighted by Crippen LogP contribution is 2.34. The molecule has 2 amide bonds. The molecule has 0 atom stereocenters. The number of hydrogen-bond acceptors (Lipinski definition) is 3. The highest BCUT2D eigenvalue weighted by Gasteiger charge is 2.41. The number of carbonyl (C=O) groups excluding carboxylic acids is 2. The van der Waals surface area contributed by atoms with E-state index in [0.717, 1.165) is 17.7 Å². The molecule has 0 aliphatic carbocycles. The Morgan fingerprint density at radius 1 is 1.13 bits per heavy atom. The van der Waals surface area contributed by atoms with Crippen molar-refractivity contribution in [1.29, 1.82) is 0 Å². The fourth-order valence-corrected chi connectivity index (χ4v) is 3.92. The van der Waals surface area contributed by atoms with Crippen molar-refractivity contribution in [2.24, 2.45) is 0 Å². The van der Waals surface area contributed by atoms with E-state index < -0.39 is 23.2 Å². The van der Waals surface area contributed by atoms with Crippen molar-refractivity contribution < 1.29 is 27.5 Å². The highest BCUT2D eigenvalue weighted by atomic mass is 19.4. The van der Waals surface area contributed by atoms with Crippen LogP contribution >= 0.6 is 0 Å². The van der Waals surface area contributed by atoms with E-state index in [9.17, 15) is 22.8 Å². The van der Waals surface area contributed by atoms with Crippen LogP contribution in [0.25, 0.3) is 0 Å². The smallest absolute Gasteiger partial charge is 0.416 e. The molecule has 0 bridgehead atoms. The predicted molar refractivity (Wildman–Crippen MR) is 103 cm³/mol. The number of benzene rings is 2. The first kappa shape index (κ1) is 20.3. The number of piperidine rings is 1. The molecule has 4 rings (SSSR count). The van der Waals surface area contributed by atoms with E-state index >= 15 is 0 Å². The number of rotatable bonds is 1. The molecule has 2 aromatic rings. The maximum absolute atomic E-state index is 13.0. The Balaban J connectivity index is 1.49. The summed E-state index contributed by atoms with van der Waals surface area (Å²) in [4.78, 5) is 26.7. The average Bonchev–Trinajstić information content (AvgIpc) is 2.85. The molecular formula is C22H21F3N2O3. The van der Waals surface area contributed by atoms with Crippen LogP contribution in [0.5, 0.6) is 5.75 Å². The summed E-state index contributed by atoms with van der Waals surface area (Å²) < 4.78 is 45.1. The van der Waals surface area contributed by atoms with Crippen molar-refractivity contribution in [2.45, 2.75) is 31.5 Å². The minimum absolute atomic E-state index is 0.0108. The second kappa shape index (κ2) is 7.34. The van der Waals surface area contributed by atoms with Gasteiger partial charge in [0, 0.05) is 31.5 Å². The Kier molecular flexibility index (Phi) is 4.95. The van der Waals surface area contributed by atoms with Gasteiger partial charge in [-0.05, 0) is 37.3 Å². The first-order valence-electron chi connectivity index (χ1n) is 9.71. The first-order chi connectivity index (χ1) is 14.2. The summed E-state index contributed by atoms with van der Waals surface area (Å²) in [6.07, 6.45) is -3.57. The lowest BCUT2D eigenvalue weighted by Gasteiger charge is -2.41. The zero-order chi connectivity index (χ0) is 21.5. The molecule has 2 aromatic carbocycles. The molecule has 0 saturated carbocycles. The quantitative estimate of drug-likeness (QED) is 0.766. The SMILES string of the molecule is Cc1ccc2c(c1)C(=O)NCC1(CCN(C(=O)c3cccc(C(F)(F)F)c3)CC1)O2. The van der Waals surface area contributed by atoms with Gasteiger partial charge in [0.2, 0.25) is 0 Å². The van der Waals surface area contributed by atoms with Crippen LogP contribution in [0.1, 0.15) is 44.7 Å². The molecule has 2 aliphatic heterocycles. The number of hydrogen-bond donors (Lipinski definition) is 1. The third-order valence-corrected chi connectivity index (χ3v) is 5.68. The van der Waals surface area contributed by atoms with Gasteiger partial charge in [0.1, 0.15) is 11.4 Å². The summed E-state index contributed by atoms with van der Waals surface area (Å²) in [7, 11) is 0. The molecule has 5 nitrogen and oxygen atoms in total. The maximum atomic E-state index is 13.0. The molecule has 2 heterocycles. The van der Waals surface area contributed by atoms with E-state index in [-0.39, 0.29) is 11.5 Å². The highest BCUT2D eigenvalue weighted by molar-refractivity contribution is 5.97. The summed E-state index contributed by atoms with van der Waals surface area (Å²) in [6.45, 7) is 2.86. The van der Waals surface area contributed by atoms with E-state index in [4.69, 9.17) is 4.74 Å². The van der Waals surface area contributed by atoms with Crippen molar-refractivity contribution in [3.8, 4) is 5.75 Å². The van der Waals surface area contributed by atoms with Gasteiger partial charge in [0.05, 0.1) is 17.7 Å². The number of nitrogens with one attached hydrogen (secondary N) is 1. The summed E-state index contributed by atoms with van der Waals surface area (Å²) in [5.74, 6) is -0.133. The van der Waals surface area contributed by atoms with E-state index in [1.54, 1.807) is 12.1 Å². The minimum atomic E-state index is -4.50. The van der Waals surface area contributed by atoms with Crippen LogP contribution in [0.3, 0.4) is 0 Å². The van der Waals surface area contributed by atoms with Crippen LogP contribution in [0.15, 0.2) is 42.5 Å². The third-order valence-electron chi connectivity index (χ3n) is 5.68. The van der Waals surface area contributed by atoms with Crippen molar-refractivity contribution in [2.75, 3.05) is 19.6 Å². The van der Waals surface area contributed by atoms with Crippen LogP contribution in [0.2, 0.25) is 0 Å². The Bertz CT molecular complexity index is 995. The second-order valence-corrected chi connectivity index (χ2v) is 7.84. The molecule has 1 fully saturated rings. The van der Waals surface area contributed by atoms with Crippen LogP contribution in [0, 0.1) is 6.92 Å². The van der Waals surface area contributed by atoms with E-state index in [0.29, 0.717) is 43.8 Å². The monoisotopic (exact) mass is 418 g/mol. The number of carbonyl (C=O) groups is 2. The molecule has 8 heteroatoms. The summed E-state index contributed by atoms with van der Waals surface area (Å²) >= 11 is 0. The Morgan fingerprint density at radius 2 is 1.87 bits per heavy atom. The van der Waals surface area contributed by atoms with Gasteiger partial charge >= 0.3 is 6.18 Å². The number of aryl methyl sites for hydroxylation is 1. The van der Waals surface area contributed by atoms with Gasteiger partial charge in [0.25, 0.3) is 11.8 Å². The molecule has 1 saturated heterocycles. The van der Waals surface area contributed by atoms with Crippen molar-refractivity contribution in [1.82, 2.24) is 10.2 Å². The lowest BCUT2D eigenvalue weighted by atomic mass is 9.90. The molecule has 30 heavy (non-hydrogen) atoms. The van der Waals surface area contributed by atoms with E-state index in [2.05, 4.69) is 5.32 Å². The van der Waals surface area contributed by atoms with Crippen molar-refractivity contribution in [3.05, 3.63) is 64.7 Å². The Hall–Kier alpha value is -3.03. The normalized spacial score (nSPS) is 18.3. The van der Waals surface area contributed by atoms with E-state index in [1.807, 2.05) is 13.0 Å². The van der Waals surface area contributed by atoms with Gasteiger partial charge in [0.15, 0.2) is 0 Å². The number of fused-ring (bicyclic) bond motifs is 1. The predicted octanol–water partition coefficient (Wildman–Crippen LogP) is 3.81. The maximum Gasteiger partial charge on any atom is 0.416 e. The van der Waals surface area contributed by atoms with Crippen LogP contribution in [-0.4, -0.2) is 41.9 Å². The van der Waals surface area contributed by atoms with Crippen LogP contribution in [-0.2, 0) is 6.18 Å². The molecule has 1 spiro atoms. The molecule has 2 aliphatic rings. The molecule has 0 unspecified atom stereocenters. The van der Waals surface area contributed by atoms with Gasteiger partial charge in [-0.2, -0.15) is 13.2 Å². The van der Waals surface area contributed by atoms with Crippen molar-refractivity contribution in [3.63, 3.8) is 0 Å². The molecule has 0 aromatic heterocycles. The summed E-state index contributed by atoms with van der Waals surface area (Å²) in [6, 6.07) is 9.88. The van der Waals surface area contributed by atoms with E-state index in [1.165, 1.54) is 17.0 Å². The van der Waals surface area contributed by atoms with Crippen LogP contribution < -0.4 is 10.1 Å². The molecule has 0 radical (unpaired) electrons. The molecular weight excluding hydrogens is 397 g/mol. The fraction of sp³-hybridized carbons (Fsp3) is 0.364. The summed E-state index contributed by atoms with van der Waals surface area (Å²) in [5, 5.41) is 2.90. The number of alkyl halides is 3. The molecule has 158 valence electrons. The summed E-state index contributed by atoms with van der Waals surface area (Å²) in [5.41, 5.74) is -0.0552. The number of likely N-dealkylation sites (tertiary alicyclic amines) is 1. The average molecular weight is 418 g/mol. The first-order valence-corrected chi connectivity index (χ1v) is 9.71. The van der Waals surface area contributed by atoms with Gasteiger partial charge in [-0.25, -0.2) is 0 Å². The Labute approximate surface area is 171 Å². The minimum Gasteiger partial charge on any atom is -0.484 e. The zero-order valence-corrected chi connectivity index (χ0v) is 16.4. The standard InChI is InChI=1S/C22H21F3N2O3/c1-14-5-6-18-17(11-14)19(28)26-13-21(30-18)7-9-27(10-8-21)20(29)15-3-2-4-16(12-15)22(23,24)25/h2-6,11-12H,7-10,13H2,1H3,(H,26,28).